The Bertz CT molecular complexity index is 172. The van der Waals surface area contributed by atoms with Gasteiger partial charge in [0, 0.05) is 0 Å². The van der Waals surface area contributed by atoms with Crippen molar-refractivity contribution in [2.75, 3.05) is 0 Å². The van der Waals surface area contributed by atoms with E-state index in [0.29, 0.717) is 0 Å². The zero-order valence-electron chi connectivity index (χ0n) is 6.79. The molecule has 0 saturated carbocycles. The first-order valence-corrected chi connectivity index (χ1v) is 4.11. The summed E-state index contributed by atoms with van der Waals surface area (Å²) in [5.74, 6) is -0.630. The molecule has 0 radical (unpaired) electrons. The topological polar surface area (TPSA) is 37.3 Å². The molecule has 0 fully saturated rings. The summed E-state index contributed by atoms with van der Waals surface area (Å²) in [4.78, 5) is 10.6. The van der Waals surface area contributed by atoms with E-state index in [4.69, 9.17) is 5.11 Å². The van der Waals surface area contributed by atoms with E-state index in [1.54, 1.807) is 6.92 Å². The highest BCUT2D eigenvalue weighted by atomic mass is 16.4. The van der Waals surface area contributed by atoms with Gasteiger partial charge in [-0.05, 0) is 25.2 Å². The summed E-state index contributed by atoms with van der Waals surface area (Å²) in [7, 11) is 0. The monoisotopic (exact) mass is 154 g/mol. The Kier molecular flexibility index (Phi) is 2.69. The third-order valence-corrected chi connectivity index (χ3v) is 2.32. The molecule has 2 nitrogen and oxygen atoms in total. The fourth-order valence-corrected chi connectivity index (χ4v) is 1.44. The largest absolute Gasteiger partial charge is 0.481 e. The van der Waals surface area contributed by atoms with Gasteiger partial charge in [0.05, 0.1) is 5.92 Å². The third kappa shape index (κ3) is 2.07. The van der Waals surface area contributed by atoms with Crippen molar-refractivity contribution in [2.45, 2.75) is 26.2 Å². The second-order valence-electron chi connectivity index (χ2n) is 3.15. The van der Waals surface area contributed by atoms with E-state index in [1.165, 1.54) is 0 Å². The maximum absolute atomic E-state index is 10.6. The molecule has 0 aromatic heterocycles. The summed E-state index contributed by atoms with van der Waals surface area (Å²) >= 11 is 0. The van der Waals surface area contributed by atoms with E-state index in [-0.39, 0.29) is 11.8 Å². The van der Waals surface area contributed by atoms with Crippen LogP contribution in [0, 0.1) is 11.8 Å². The molecule has 11 heavy (non-hydrogen) atoms. The molecular weight excluding hydrogens is 140 g/mol. The highest BCUT2D eigenvalue weighted by molar-refractivity contribution is 5.70. The lowest BCUT2D eigenvalue weighted by atomic mass is 9.86. The number of carboxylic acids is 1. The van der Waals surface area contributed by atoms with Gasteiger partial charge in [0.25, 0.3) is 0 Å². The van der Waals surface area contributed by atoms with E-state index >= 15 is 0 Å². The Morgan fingerprint density at radius 1 is 1.73 bits per heavy atom. The molecule has 1 rings (SSSR count). The van der Waals surface area contributed by atoms with Gasteiger partial charge in [0.1, 0.15) is 0 Å². The van der Waals surface area contributed by atoms with Crippen molar-refractivity contribution < 1.29 is 9.90 Å². The molecule has 0 aromatic rings. The summed E-state index contributed by atoms with van der Waals surface area (Å²) < 4.78 is 0. The molecule has 62 valence electrons. The van der Waals surface area contributed by atoms with Gasteiger partial charge >= 0.3 is 5.97 Å². The van der Waals surface area contributed by atoms with E-state index < -0.39 is 5.97 Å². The minimum Gasteiger partial charge on any atom is -0.481 e. The van der Waals surface area contributed by atoms with E-state index in [2.05, 4.69) is 6.08 Å². The second kappa shape index (κ2) is 3.56. The first kappa shape index (κ1) is 8.31. The standard InChI is InChI=1S/C9H14O2/c1-7(9(10)11)8-5-3-2-4-6-8/h3,5,7-8H,2,4,6H2,1H3,(H,10,11)/t7-,8+/m1/s1. The maximum Gasteiger partial charge on any atom is 0.306 e. The van der Waals surface area contributed by atoms with Gasteiger partial charge in [-0.15, -0.1) is 0 Å². The van der Waals surface area contributed by atoms with Gasteiger partial charge < -0.3 is 5.11 Å². The Morgan fingerprint density at radius 3 is 2.91 bits per heavy atom. The number of hydrogen-bond acceptors (Lipinski definition) is 1. The van der Waals surface area contributed by atoms with Crippen LogP contribution in [0.25, 0.3) is 0 Å². The van der Waals surface area contributed by atoms with Gasteiger partial charge in [-0.2, -0.15) is 0 Å². The zero-order valence-corrected chi connectivity index (χ0v) is 6.79. The van der Waals surface area contributed by atoms with Crippen LogP contribution < -0.4 is 0 Å². The first-order chi connectivity index (χ1) is 5.22. The van der Waals surface area contributed by atoms with Gasteiger partial charge in [-0.25, -0.2) is 0 Å². The van der Waals surface area contributed by atoms with Gasteiger partial charge in [-0.3, -0.25) is 4.79 Å². The zero-order chi connectivity index (χ0) is 8.27. The van der Waals surface area contributed by atoms with Crippen LogP contribution in [0.2, 0.25) is 0 Å². The lowest BCUT2D eigenvalue weighted by Crippen LogP contribution is -2.20. The Balaban J connectivity index is 2.52. The SMILES string of the molecule is C[C@@H](C(=O)O)[C@H]1C=CCCC1. The normalized spacial score (nSPS) is 26.5. The van der Waals surface area contributed by atoms with E-state index in [0.717, 1.165) is 19.3 Å². The minimum absolute atomic E-state index is 0.216. The fraction of sp³-hybridized carbons (Fsp3) is 0.667. The summed E-state index contributed by atoms with van der Waals surface area (Å²) in [6.45, 7) is 1.78. The molecule has 0 bridgehead atoms. The van der Waals surface area contributed by atoms with Gasteiger partial charge in [-0.1, -0.05) is 19.1 Å². The molecule has 1 aliphatic rings. The van der Waals surface area contributed by atoms with Crippen LogP contribution in [0.15, 0.2) is 12.2 Å². The molecule has 0 heterocycles. The van der Waals surface area contributed by atoms with Gasteiger partial charge in [0.2, 0.25) is 0 Å². The lowest BCUT2D eigenvalue weighted by molar-refractivity contribution is -0.142. The molecule has 0 amide bonds. The summed E-state index contributed by atoms with van der Waals surface area (Å²) in [5, 5.41) is 8.70. The van der Waals surface area contributed by atoms with Crippen molar-refractivity contribution >= 4 is 5.97 Å². The highest BCUT2D eigenvalue weighted by Crippen LogP contribution is 2.24. The molecular formula is C9H14O2. The van der Waals surface area contributed by atoms with Crippen molar-refractivity contribution in [3.8, 4) is 0 Å². The number of hydrogen-bond donors (Lipinski definition) is 1. The molecule has 2 atom stereocenters. The van der Waals surface area contributed by atoms with Crippen molar-refractivity contribution in [3.63, 3.8) is 0 Å². The Morgan fingerprint density at radius 2 is 2.45 bits per heavy atom. The van der Waals surface area contributed by atoms with Crippen LogP contribution >= 0.6 is 0 Å². The third-order valence-electron chi connectivity index (χ3n) is 2.32. The first-order valence-electron chi connectivity index (χ1n) is 4.11. The lowest BCUT2D eigenvalue weighted by Gasteiger charge is -2.19. The number of rotatable bonds is 2. The predicted molar refractivity (Wildman–Crippen MR) is 43.3 cm³/mol. The van der Waals surface area contributed by atoms with Crippen molar-refractivity contribution in [1.29, 1.82) is 0 Å². The number of carboxylic acid groups (broad SMARTS) is 1. The number of allylic oxidation sites excluding steroid dienone is 2. The molecule has 2 heteroatoms. The van der Waals surface area contributed by atoms with Gasteiger partial charge in [0.15, 0.2) is 0 Å². The van der Waals surface area contributed by atoms with Crippen LogP contribution in [-0.4, -0.2) is 11.1 Å². The van der Waals surface area contributed by atoms with Crippen molar-refractivity contribution in [3.05, 3.63) is 12.2 Å². The van der Waals surface area contributed by atoms with Crippen LogP contribution in [-0.2, 0) is 4.79 Å². The summed E-state index contributed by atoms with van der Waals surface area (Å²) in [6.07, 6.45) is 7.42. The summed E-state index contributed by atoms with van der Waals surface area (Å²) in [5.41, 5.74) is 0. The van der Waals surface area contributed by atoms with Crippen LogP contribution in [0.1, 0.15) is 26.2 Å². The van der Waals surface area contributed by atoms with Crippen LogP contribution in [0.4, 0.5) is 0 Å². The second-order valence-corrected chi connectivity index (χ2v) is 3.15. The predicted octanol–water partition coefficient (Wildman–Crippen LogP) is 2.06. The maximum atomic E-state index is 10.6. The number of carbonyl (C=O) groups is 1. The van der Waals surface area contributed by atoms with Crippen molar-refractivity contribution in [1.82, 2.24) is 0 Å². The average Bonchev–Trinajstić information content (AvgIpc) is 2.05. The van der Waals surface area contributed by atoms with Crippen LogP contribution in [0.3, 0.4) is 0 Å². The average molecular weight is 154 g/mol. The van der Waals surface area contributed by atoms with Crippen molar-refractivity contribution in [2.24, 2.45) is 11.8 Å². The fourth-order valence-electron chi connectivity index (χ4n) is 1.44. The smallest absolute Gasteiger partial charge is 0.306 e. The molecule has 1 N–H and O–H groups in total. The molecule has 0 aromatic carbocycles. The minimum atomic E-state index is -0.679. The quantitative estimate of drug-likeness (QED) is 0.618. The van der Waals surface area contributed by atoms with E-state index in [1.807, 2.05) is 6.08 Å². The molecule has 0 unspecified atom stereocenters. The molecule has 1 aliphatic carbocycles. The molecule has 0 aliphatic heterocycles. The van der Waals surface area contributed by atoms with Crippen LogP contribution in [0.5, 0.6) is 0 Å². The number of aliphatic carboxylic acids is 1. The molecule has 0 spiro atoms. The Labute approximate surface area is 66.9 Å². The molecule has 0 saturated heterocycles. The highest BCUT2D eigenvalue weighted by Gasteiger charge is 2.21. The van der Waals surface area contributed by atoms with E-state index in [9.17, 15) is 4.79 Å². The Hall–Kier alpha value is -0.790. The summed E-state index contributed by atoms with van der Waals surface area (Å²) in [6, 6.07) is 0.